The van der Waals surface area contributed by atoms with Gasteiger partial charge in [0.15, 0.2) is 0 Å². The van der Waals surface area contributed by atoms with E-state index in [0.717, 1.165) is 6.07 Å². The predicted molar refractivity (Wildman–Crippen MR) is 159 cm³/mol. The summed E-state index contributed by atoms with van der Waals surface area (Å²) < 4.78 is 12.4. The molecule has 0 unspecified atom stereocenters. The minimum absolute atomic E-state index is 0.0124. The van der Waals surface area contributed by atoms with E-state index in [-0.39, 0.29) is 45.4 Å². The summed E-state index contributed by atoms with van der Waals surface area (Å²) in [5.41, 5.74) is 2.09. The number of aliphatic hydroxyl groups is 5. The number of phenolic OH excluding ortho intramolecular Hbond substituents is 5. The van der Waals surface area contributed by atoms with E-state index < -0.39 is 66.9 Å². The Morgan fingerprint density at radius 2 is 1.15 bits per heavy atom. The highest BCUT2D eigenvalue weighted by Gasteiger charge is 2.52. The van der Waals surface area contributed by atoms with Crippen LogP contribution < -0.4 is 4.74 Å². The molecule has 12 heteroatoms. The second-order valence-electron chi connectivity index (χ2n) is 12.0. The number of benzene rings is 4. The summed E-state index contributed by atoms with van der Waals surface area (Å²) >= 11 is 0. The molecule has 46 heavy (non-hydrogen) atoms. The van der Waals surface area contributed by atoms with Crippen molar-refractivity contribution in [1.29, 1.82) is 0 Å². The fraction of sp³-hybridized carbons (Fsp3) is 0.294. The van der Waals surface area contributed by atoms with Gasteiger partial charge in [-0.3, -0.25) is 0 Å². The Labute approximate surface area is 261 Å². The highest BCUT2D eigenvalue weighted by molar-refractivity contribution is 5.68. The maximum absolute atomic E-state index is 12.1. The molecule has 12 nitrogen and oxygen atoms in total. The minimum Gasteiger partial charge on any atom is -0.508 e. The normalized spacial score (nSPS) is 29.8. The van der Waals surface area contributed by atoms with Gasteiger partial charge in [0.05, 0.1) is 24.2 Å². The van der Waals surface area contributed by atoms with Gasteiger partial charge in [0.25, 0.3) is 0 Å². The quantitative estimate of drug-likeness (QED) is 0.156. The Balaban J connectivity index is 1.53. The molecule has 0 amide bonds. The smallest absolute Gasteiger partial charge is 0.135 e. The zero-order valence-electron chi connectivity index (χ0n) is 24.0. The van der Waals surface area contributed by atoms with Gasteiger partial charge in [0.2, 0.25) is 0 Å². The third kappa shape index (κ3) is 4.53. The summed E-state index contributed by atoms with van der Waals surface area (Å²) in [6.07, 6.45) is -10.4. The maximum Gasteiger partial charge on any atom is 0.135 e. The first-order chi connectivity index (χ1) is 22.0. The molecule has 9 atom stereocenters. The first kappa shape index (κ1) is 30.1. The Kier molecular flexibility index (Phi) is 7.24. The molecule has 0 spiro atoms. The monoisotopic (exact) mass is 632 g/mol. The van der Waals surface area contributed by atoms with Crippen LogP contribution in [0.1, 0.15) is 69.1 Å². The number of aromatic hydroxyl groups is 5. The van der Waals surface area contributed by atoms with Crippen molar-refractivity contribution in [2.24, 2.45) is 0 Å². The van der Waals surface area contributed by atoms with E-state index in [1.807, 2.05) is 0 Å². The first-order valence-electron chi connectivity index (χ1n) is 14.7. The van der Waals surface area contributed by atoms with Gasteiger partial charge in [0.1, 0.15) is 71.1 Å². The summed E-state index contributed by atoms with van der Waals surface area (Å²) in [6, 6.07) is 16.0. The molecule has 7 rings (SSSR count). The van der Waals surface area contributed by atoms with Crippen molar-refractivity contribution in [3.8, 4) is 34.5 Å². The molecule has 240 valence electrons. The average molecular weight is 633 g/mol. The summed E-state index contributed by atoms with van der Waals surface area (Å²) in [4.78, 5) is 0. The maximum atomic E-state index is 12.1. The van der Waals surface area contributed by atoms with Gasteiger partial charge < -0.3 is 60.5 Å². The summed E-state index contributed by atoms with van der Waals surface area (Å²) in [5, 5.41) is 108. The molecule has 1 saturated heterocycles. The van der Waals surface area contributed by atoms with Crippen LogP contribution in [0.4, 0.5) is 0 Å². The van der Waals surface area contributed by atoms with Crippen molar-refractivity contribution in [2.45, 2.75) is 54.6 Å². The third-order valence-electron chi connectivity index (χ3n) is 9.33. The average Bonchev–Trinajstić information content (AvgIpc) is 3.38. The van der Waals surface area contributed by atoms with Gasteiger partial charge in [-0.25, -0.2) is 0 Å². The molecule has 4 aromatic carbocycles. The molecular weight excluding hydrogens is 600 g/mol. The summed E-state index contributed by atoms with van der Waals surface area (Å²) in [5.74, 6) is -2.95. The van der Waals surface area contributed by atoms with E-state index in [4.69, 9.17) is 9.47 Å². The van der Waals surface area contributed by atoms with Crippen LogP contribution in [0.25, 0.3) is 0 Å². The van der Waals surface area contributed by atoms with Crippen molar-refractivity contribution >= 4 is 0 Å². The van der Waals surface area contributed by atoms with Gasteiger partial charge in [-0.05, 0) is 58.7 Å². The molecule has 4 aromatic rings. The molecule has 3 aliphatic rings. The second-order valence-corrected chi connectivity index (χ2v) is 12.0. The molecule has 10 N–H and O–H groups in total. The van der Waals surface area contributed by atoms with E-state index in [0.29, 0.717) is 22.3 Å². The van der Waals surface area contributed by atoms with Crippen LogP contribution in [0.15, 0.2) is 66.7 Å². The molecular formula is C34H32O12. The number of hydrogen-bond acceptors (Lipinski definition) is 12. The van der Waals surface area contributed by atoms with Crippen LogP contribution in [0.2, 0.25) is 0 Å². The van der Waals surface area contributed by atoms with Crippen molar-refractivity contribution in [1.82, 2.24) is 0 Å². The zero-order chi connectivity index (χ0) is 32.6. The molecule has 1 fully saturated rings. The van der Waals surface area contributed by atoms with E-state index in [9.17, 15) is 51.1 Å². The highest BCUT2D eigenvalue weighted by atomic mass is 16.5. The van der Waals surface area contributed by atoms with E-state index in [1.54, 1.807) is 24.3 Å². The highest BCUT2D eigenvalue weighted by Crippen LogP contribution is 2.63. The fourth-order valence-corrected chi connectivity index (χ4v) is 7.20. The lowest BCUT2D eigenvalue weighted by Gasteiger charge is -2.40. The summed E-state index contributed by atoms with van der Waals surface area (Å²) in [7, 11) is 0. The van der Waals surface area contributed by atoms with E-state index >= 15 is 0 Å². The van der Waals surface area contributed by atoms with Gasteiger partial charge in [-0.1, -0.05) is 24.3 Å². The molecule has 2 aliphatic heterocycles. The van der Waals surface area contributed by atoms with Crippen LogP contribution in [0, 0.1) is 0 Å². The van der Waals surface area contributed by atoms with Crippen molar-refractivity contribution in [2.75, 3.05) is 6.61 Å². The minimum atomic E-state index is -1.77. The molecule has 0 radical (unpaired) electrons. The van der Waals surface area contributed by atoms with Gasteiger partial charge in [-0.15, -0.1) is 0 Å². The first-order valence-corrected chi connectivity index (χ1v) is 14.7. The van der Waals surface area contributed by atoms with Crippen LogP contribution in [-0.2, 0) is 4.74 Å². The van der Waals surface area contributed by atoms with Crippen LogP contribution >= 0.6 is 0 Å². The van der Waals surface area contributed by atoms with E-state index in [2.05, 4.69) is 0 Å². The number of rotatable bonds is 4. The molecule has 0 aromatic heterocycles. The molecule has 1 aliphatic carbocycles. The fourth-order valence-electron chi connectivity index (χ4n) is 7.20. The van der Waals surface area contributed by atoms with Crippen molar-refractivity contribution in [3.63, 3.8) is 0 Å². The number of ether oxygens (including phenoxy) is 2. The standard InChI is InChI=1S/C34H32O12/c35-12-22-29(42)30(43)31(44)34(45-22)27-21(40)11-19-26-25(32(46-33(26)27)14-3-7-16(37)8-4-14)18-9-17(38)10-20(39)24(18)23(28(19)41)13-1-5-15(36)6-2-13/h1-11,22-23,25,28-32,34-44H,12H2/t22-,23-,25-,28-,29-,30+,31-,32+,34+/m1/s1. The number of phenols is 5. The largest absolute Gasteiger partial charge is 0.508 e. The molecule has 0 saturated carbocycles. The Hall–Kier alpha value is -4.56. The zero-order valence-corrected chi connectivity index (χ0v) is 24.0. The van der Waals surface area contributed by atoms with Crippen LogP contribution in [-0.4, -0.2) is 82.1 Å². The lowest BCUT2D eigenvalue weighted by Crippen LogP contribution is -2.55. The Morgan fingerprint density at radius 3 is 1.78 bits per heavy atom. The van der Waals surface area contributed by atoms with Crippen LogP contribution in [0.3, 0.4) is 0 Å². The second kappa shape index (κ2) is 11.1. The molecule has 0 bridgehead atoms. The lowest BCUT2D eigenvalue weighted by atomic mass is 9.80. The summed E-state index contributed by atoms with van der Waals surface area (Å²) in [6.45, 7) is -0.707. The van der Waals surface area contributed by atoms with Crippen molar-refractivity contribution in [3.05, 3.63) is 106 Å². The predicted octanol–water partition coefficient (Wildman–Crippen LogP) is 2.17. The number of aliphatic hydroxyl groups excluding tert-OH is 5. The Bertz CT molecular complexity index is 1790. The molecule has 2 heterocycles. The third-order valence-corrected chi connectivity index (χ3v) is 9.33. The Morgan fingerprint density at radius 1 is 0.543 bits per heavy atom. The van der Waals surface area contributed by atoms with Crippen molar-refractivity contribution < 1.29 is 60.5 Å². The van der Waals surface area contributed by atoms with Gasteiger partial charge in [-0.2, -0.15) is 0 Å². The topological polar surface area (TPSA) is 221 Å². The number of hydrogen-bond donors (Lipinski definition) is 10. The van der Waals surface area contributed by atoms with Crippen LogP contribution in [0.5, 0.6) is 34.5 Å². The lowest BCUT2D eigenvalue weighted by molar-refractivity contribution is -0.232. The van der Waals surface area contributed by atoms with Gasteiger partial charge >= 0.3 is 0 Å². The van der Waals surface area contributed by atoms with E-state index in [1.165, 1.54) is 36.4 Å². The SMILES string of the molecule is OC[C@H]1O[C@@H](c2c(O)cc3c4c2O[C@@H](c2ccc(O)cc2)[C@@H]4c2cc(O)cc(O)c2[C@@H](c2ccc(O)cc2)[C@@H]3O)[C@H](O)[C@@H](O)[C@@H]1O. The number of fused-ring (bicyclic) bond motifs is 2. The van der Waals surface area contributed by atoms with Gasteiger partial charge in [0, 0.05) is 23.1 Å².